The van der Waals surface area contributed by atoms with Gasteiger partial charge >= 0.3 is 5.97 Å². The molecule has 1 aromatic rings. The van der Waals surface area contributed by atoms with Crippen molar-refractivity contribution in [3.8, 4) is 0 Å². The lowest BCUT2D eigenvalue weighted by atomic mass is 10.1. The molecule has 0 saturated carbocycles. The fourth-order valence-electron chi connectivity index (χ4n) is 1.49. The quantitative estimate of drug-likeness (QED) is 0.669. The van der Waals surface area contributed by atoms with E-state index in [1.165, 1.54) is 18.4 Å². The number of nitrogens with two attached hydrogens (primary N) is 1. The first-order valence-corrected chi connectivity index (χ1v) is 6.35. The summed E-state index contributed by atoms with van der Waals surface area (Å²) < 4.78 is 4.71. The van der Waals surface area contributed by atoms with Crippen LogP contribution in [-0.2, 0) is 4.74 Å². The zero-order chi connectivity index (χ0) is 14.0. The van der Waals surface area contributed by atoms with Crippen LogP contribution in [0.25, 0.3) is 0 Å². The fourth-order valence-corrected chi connectivity index (χ4v) is 2.71. The Hall–Kier alpha value is -1.56. The van der Waals surface area contributed by atoms with Crippen molar-refractivity contribution in [1.29, 1.82) is 0 Å². The van der Waals surface area contributed by atoms with Crippen molar-refractivity contribution in [3.05, 3.63) is 10.4 Å². The molecule has 0 aliphatic carbocycles. The summed E-state index contributed by atoms with van der Waals surface area (Å²) in [6.45, 7) is 3.60. The molecule has 18 heavy (non-hydrogen) atoms. The number of thiophene rings is 1. The van der Waals surface area contributed by atoms with Crippen LogP contribution < -0.4 is 10.6 Å². The number of nitrogen functional groups attached to an aromatic ring is 1. The first-order chi connectivity index (χ1) is 8.31. The number of methoxy groups -OCH3 is 1. The summed E-state index contributed by atoms with van der Waals surface area (Å²) in [6, 6.07) is 0. The molecule has 1 heterocycles. The Morgan fingerprint density at radius 3 is 2.28 bits per heavy atom. The molecule has 100 valence electrons. The van der Waals surface area contributed by atoms with Crippen LogP contribution in [0.15, 0.2) is 0 Å². The van der Waals surface area contributed by atoms with Crippen LogP contribution in [0, 0.1) is 5.92 Å². The maximum Gasteiger partial charge on any atom is 0.343 e. The highest BCUT2D eigenvalue weighted by Gasteiger charge is 2.27. The second kappa shape index (κ2) is 5.39. The lowest BCUT2D eigenvalue weighted by Crippen LogP contribution is -2.13. The third-order valence-corrected chi connectivity index (χ3v) is 3.86. The van der Waals surface area contributed by atoms with Gasteiger partial charge in [0.1, 0.15) is 10.6 Å². The van der Waals surface area contributed by atoms with Crippen molar-refractivity contribution in [2.75, 3.05) is 31.8 Å². The molecule has 0 bridgehead atoms. The van der Waals surface area contributed by atoms with Gasteiger partial charge in [0.2, 0.25) is 0 Å². The van der Waals surface area contributed by atoms with Crippen molar-refractivity contribution in [1.82, 2.24) is 0 Å². The zero-order valence-corrected chi connectivity index (χ0v) is 12.1. The summed E-state index contributed by atoms with van der Waals surface area (Å²) >= 11 is 1.22. The molecule has 5 nitrogen and oxygen atoms in total. The molecule has 2 N–H and O–H groups in total. The third-order valence-electron chi connectivity index (χ3n) is 2.47. The van der Waals surface area contributed by atoms with Gasteiger partial charge in [-0.3, -0.25) is 4.79 Å². The Labute approximate surface area is 111 Å². The SMILES string of the molecule is COC(=O)c1c(N(C)C)sc(C(=O)C(C)C)c1N. The maximum absolute atomic E-state index is 12.0. The van der Waals surface area contributed by atoms with Crippen LogP contribution >= 0.6 is 11.3 Å². The van der Waals surface area contributed by atoms with Gasteiger partial charge < -0.3 is 15.4 Å². The number of carbonyl (C=O) groups is 2. The van der Waals surface area contributed by atoms with Crippen LogP contribution in [0.4, 0.5) is 10.7 Å². The molecule has 6 heteroatoms. The van der Waals surface area contributed by atoms with Crippen LogP contribution in [0.2, 0.25) is 0 Å². The van der Waals surface area contributed by atoms with E-state index in [4.69, 9.17) is 10.5 Å². The van der Waals surface area contributed by atoms with E-state index in [0.29, 0.717) is 9.88 Å². The molecule has 1 rings (SSSR count). The molecule has 0 fully saturated rings. The molecule has 0 saturated heterocycles. The summed E-state index contributed by atoms with van der Waals surface area (Å²) in [6.07, 6.45) is 0. The van der Waals surface area contributed by atoms with E-state index < -0.39 is 5.97 Å². The molecule has 0 aromatic carbocycles. The van der Waals surface area contributed by atoms with E-state index in [1.54, 1.807) is 32.8 Å². The molecule has 0 amide bonds. The molecular formula is C12H18N2O3S. The van der Waals surface area contributed by atoms with Crippen LogP contribution in [0.5, 0.6) is 0 Å². The number of rotatable bonds is 4. The number of carbonyl (C=O) groups excluding carboxylic acids is 2. The third kappa shape index (κ3) is 2.48. The first kappa shape index (κ1) is 14.5. The highest BCUT2D eigenvalue weighted by molar-refractivity contribution is 7.19. The van der Waals surface area contributed by atoms with E-state index in [-0.39, 0.29) is 23.0 Å². The highest BCUT2D eigenvalue weighted by Crippen LogP contribution is 2.38. The van der Waals surface area contributed by atoms with Gasteiger partial charge in [0, 0.05) is 20.0 Å². The van der Waals surface area contributed by atoms with E-state index >= 15 is 0 Å². The van der Waals surface area contributed by atoms with E-state index in [9.17, 15) is 9.59 Å². The number of hydrogen-bond acceptors (Lipinski definition) is 6. The van der Waals surface area contributed by atoms with Gasteiger partial charge in [-0.2, -0.15) is 0 Å². The van der Waals surface area contributed by atoms with E-state index in [2.05, 4.69) is 0 Å². The highest BCUT2D eigenvalue weighted by atomic mass is 32.1. The minimum absolute atomic E-state index is 0.0595. The van der Waals surface area contributed by atoms with Gasteiger partial charge in [-0.05, 0) is 0 Å². The predicted octanol–water partition coefficient (Wildman–Crippen LogP) is 2.02. The van der Waals surface area contributed by atoms with Gasteiger partial charge in [0.25, 0.3) is 0 Å². The average Bonchev–Trinajstić information content (AvgIpc) is 2.65. The fraction of sp³-hybridized carbons (Fsp3) is 0.500. The van der Waals surface area contributed by atoms with E-state index in [0.717, 1.165) is 0 Å². The largest absolute Gasteiger partial charge is 0.465 e. The second-order valence-corrected chi connectivity index (χ2v) is 5.43. The number of ketones is 1. The predicted molar refractivity (Wildman–Crippen MR) is 73.6 cm³/mol. The molecule has 0 aliphatic rings. The summed E-state index contributed by atoms with van der Waals surface area (Å²) in [4.78, 5) is 25.9. The van der Waals surface area contributed by atoms with Crippen LogP contribution in [-0.4, -0.2) is 33.0 Å². The minimum Gasteiger partial charge on any atom is -0.465 e. The molecule has 0 radical (unpaired) electrons. The summed E-state index contributed by atoms with van der Waals surface area (Å²) in [5, 5.41) is 0.642. The first-order valence-electron chi connectivity index (χ1n) is 5.53. The molecule has 0 aliphatic heterocycles. The van der Waals surface area contributed by atoms with Gasteiger partial charge in [-0.15, -0.1) is 11.3 Å². The molecule has 0 atom stereocenters. The maximum atomic E-state index is 12.0. The average molecular weight is 270 g/mol. The smallest absolute Gasteiger partial charge is 0.343 e. The molecule has 0 spiro atoms. The van der Waals surface area contributed by atoms with Crippen LogP contribution in [0.1, 0.15) is 33.9 Å². The number of esters is 1. The van der Waals surface area contributed by atoms with Crippen molar-refractivity contribution in [3.63, 3.8) is 0 Å². The number of anilines is 2. The van der Waals surface area contributed by atoms with Gasteiger partial charge in [0.05, 0.1) is 17.7 Å². The molecule has 1 aromatic heterocycles. The summed E-state index contributed by atoms with van der Waals surface area (Å²) in [7, 11) is 4.88. The Bertz CT molecular complexity index is 478. The van der Waals surface area contributed by atoms with Gasteiger partial charge in [0.15, 0.2) is 5.78 Å². The molecule has 0 unspecified atom stereocenters. The Kier molecular flexibility index (Phi) is 4.34. The molecular weight excluding hydrogens is 252 g/mol. The van der Waals surface area contributed by atoms with Crippen molar-refractivity contribution in [2.45, 2.75) is 13.8 Å². The monoisotopic (exact) mass is 270 g/mol. The van der Waals surface area contributed by atoms with Crippen molar-refractivity contribution >= 4 is 33.8 Å². The Morgan fingerprint density at radius 2 is 1.89 bits per heavy atom. The van der Waals surface area contributed by atoms with Gasteiger partial charge in [-0.1, -0.05) is 13.8 Å². The lowest BCUT2D eigenvalue weighted by molar-refractivity contribution is 0.0603. The second-order valence-electron chi connectivity index (χ2n) is 4.43. The Morgan fingerprint density at radius 1 is 1.33 bits per heavy atom. The number of ether oxygens (including phenoxy) is 1. The zero-order valence-electron chi connectivity index (χ0n) is 11.2. The Balaban J connectivity index is 3.42. The van der Waals surface area contributed by atoms with Crippen LogP contribution in [0.3, 0.4) is 0 Å². The minimum atomic E-state index is -0.518. The number of nitrogens with zero attached hydrogens (tertiary/aromatic N) is 1. The van der Waals surface area contributed by atoms with E-state index in [1.807, 2.05) is 0 Å². The van der Waals surface area contributed by atoms with Gasteiger partial charge in [-0.25, -0.2) is 4.79 Å². The normalized spacial score (nSPS) is 10.6. The summed E-state index contributed by atoms with van der Waals surface area (Å²) in [5.74, 6) is -0.738. The van der Waals surface area contributed by atoms with Crippen molar-refractivity contribution in [2.24, 2.45) is 5.92 Å². The number of hydrogen-bond donors (Lipinski definition) is 1. The topological polar surface area (TPSA) is 72.6 Å². The number of Topliss-reactive ketones (excluding diaryl/α,β-unsaturated/α-hetero) is 1. The summed E-state index contributed by atoms with van der Waals surface area (Å²) in [5.41, 5.74) is 6.41. The lowest BCUT2D eigenvalue weighted by Gasteiger charge is -2.11. The van der Waals surface area contributed by atoms with Crippen molar-refractivity contribution < 1.29 is 14.3 Å². The standard InChI is InChI=1S/C12H18N2O3S/c1-6(2)9(15)10-8(13)7(12(16)17-5)11(18-10)14(3)4/h6H,13H2,1-5H3.